The van der Waals surface area contributed by atoms with Crippen molar-refractivity contribution in [2.24, 2.45) is 0 Å². The Bertz CT molecular complexity index is 2460. The third-order valence-electron chi connectivity index (χ3n) is 12.7. The second-order valence-electron chi connectivity index (χ2n) is 23.6. The number of likely N-dealkylation sites (tertiary alicyclic amines) is 2. The number of anilines is 2. The van der Waals surface area contributed by atoms with Crippen LogP contribution in [0.1, 0.15) is 117 Å². The Morgan fingerprint density at radius 3 is 1.50 bits per heavy atom. The van der Waals surface area contributed by atoms with Gasteiger partial charge in [0.2, 0.25) is 11.8 Å². The standard InChI is InChI=1S/C26H40BrFN2O4Si.C19H37NO6SSi.C8H7BrFNO.CH4/c1-18(31)29(22-17-19(28)12-13-20(22)27)15-10-11-21-23(34-35(8,9)26(5,6)7)14-16-30(21)24(32)33-25(2,3)4;1-18(2,3)25-17(21)20-13-12-16(26-28(8,9)19(4,5)6)15(20)11-10-14-24-27(7,22)23;1-5(12)11-8-4-6(10)2-3-7(8)9;/h10-13,17,21,23H,14-16H2,1-9H3;10-11,15-16H,12-14H2,1-9H3;2-4H,1H3,(H,11,12);1H4/b2*11-10+;;/t21-,23+;15-,16+;;/m11../s1. The molecule has 0 aromatic heterocycles. The van der Waals surface area contributed by atoms with Crippen LogP contribution in [-0.4, -0.2) is 127 Å². The maximum absolute atomic E-state index is 13.9. The molecule has 76 heavy (non-hydrogen) atoms. The molecule has 1 N–H and O–H groups in total. The van der Waals surface area contributed by atoms with Gasteiger partial charge in [-0.2, -0.15) is 8.42 Å². The van der Waals surface area contributed by atoms with Crippen molar-refractivity contribution in [2.45, 2.75) is 189 Å². The molecule has 4 atom stereocenters. The number of benzene rings is 2. The fourth-order valence-electron chi connectivity index (χ4n) is 7.00. The maximum Gasteiger partial charge on any atom is 0.410 e. The minimum atomic E-state index is -3.52. The van der Waals surface area contributed by atoms with Crippen molar-refractivity contribution in [3.63, 3.8) is 0 Å². The minimum Gasteiger partial charge on any atom is -0.444 e. The molecule has 15 nitrogen and oxygen atoms in total. The molecule has 2 aliphatic heterocycles. The van der Waals surface area contributed by atoms with Gasteiger partial charge >= 0.3 is 12.2 Å². The Balaban J connectivity index is 0.000000627. The van der Waals surface area contributed by atoms with Gasteiger partial charge in [0, 0.05) is 42.4 Å². The number of nitrogens with one attached hydrogen (secondary N) is 1. The van der Waals surface area contributed by atoms with Gasteiger partial charge in [0.15, 0.2) is 16.6 Å². The summed E-state index contributed by atoms with van der Waals surface area (Å²) in [7, 11) is -7.65. The monoisotopic (exact) mass is 1250 g/mol. The van der Waals surface area contributed by atoms with E-state index in [1.165, 1.54) is 43.0 Å². The molecule has 0 aliphatic carbocycles. The van der Waals surface area contributed by atoms with Gasteiger partial charge in [0.1, 0.15) is 22.8 Å². The third kappa shape index (κ3) is 23.4. The molecule has 2 heterocycles. The summed E-state index contributed by atoms with van der Waals surface area (Å²) in [6, 6.07) is 7.69. The highest BCUT2D eigenvalue weighted by Gasteiger charge is 2.47. The van der Waals surface area contributed by atoms with Gasteiger partial charge < -0.3 is 28.5 Å². The third-order valence-corrected chi connectivity index (χ3v) is 23.6. The summed E-state index contributed by atoms with van der Waals surface area (Å²) < 4.78 is 79.4. The predicted octanol–water partition coefficient (Wildman–Crippen LogP) is 14.0. The molecule has 0 radical (unpaired) electrons. The molecule has 0 bridgehead atoms. The van der Waals surface area contributed by atoms with E-state index in [9.17, 15) is 36.4 Å². The first-order valence-electron chi connectivity index (χ1n) is 24.9. The normalized spacial score (nSPS) is 18.6. The van der Waals surface area contributed by atoms with E-state index >= 15 is 0 Å². The number of nitrogens with zero attached hydrogens (tertiary/aromatic N) is 3. The van der Waals surface area contributed by atoms with Crippen LogP contribution in [0.2, 0.25) is 36.3 Å². The number of rotatable bonds is 13. The zero-order valence-electron chi connectivity index (χ0n) is 47.6. The second kappa shape index (κ2) is 28.6. The van der Waals surface area contributed by atoms with Gasteiger partial charge in [0.25, 0.3) is 10.1 Å². The summed E-state index contributed by atoms with van der Waals surface area (Å²) in [5.74, 6) is -1.23. The molecule has 0 spiro atoms. The highest BCUT2D eigenvalue weighted by Crippen LogP contribution is 2.41. The molecule has 0 saturated carbocycles. The number of carbonyl (C=O) groups is 4. The van der Waals surface area contributed by atoms with E-state index in [0.29, 0.717) is 46.3 Å². The van der Waals surface area contributed by atoms with Crippen LogP contribution < -0.4 is 10.2 Å². The lowest BCUT2D eigenvalue weighted by Gasteiger charge is -2.40. The van der Waals surface area contributed by atoms with Crippen LogP contribution in [0.3, 0.4) is 0 Å². The molecule has 2 aromatic carbocycles. The fourth-order valence-corrected chi connectivity index (χ4v) is 10.9. The Labute approximate surface area is 472 Å². The van der Waals surface area contributed by atoms with Crippen LogP contribution in [0, 0.1) is 11.6 Å². The molecule has 0 unspecified atom stereocenters. The molecule has 4 amide bonds. The lowest BCUT2D eigenvalue weighted by atomic mass is 10.1. The van der Waals surface area contributed by atoms with Crippen molar-refractivity contribution in [1.29, 1.82) is 0 Å². The Kier molecular flexibility index (Phi) is 26.5. The van der Waals surface area contributed by atoms with Crippen LogP contribution in [-0.2, 0) is 42.2 Å². The number of halogens is 4. The van der Waals surface area contributed by atoms with Crippen LogP contribution in [0.5, 0.6) is 0 Å². The van der Waals surface area contributed by atoms with Crippen LogP contribution >= 0.6 is 31.9 Å². The summed E-state index contributed by atoms with van der Waals surface area (Å²) in [6.07, 6.45) is 8.46. The summed E-state index contributed by atoms with van der Waals surface area (Å²) in [4.78, 5) is 53.5. The van der Waals surface area contributed by atoms with E-state index < -0.39 is 49.9 Å². The van der Waals surface area contributed by atoms with E-state index in [0.717, 1.165) is 6.26 Å². The number of hydrogen-bond acceptors (Lipinski definition) is 11. The van der Waals surface area contributed by atoms with Gasteiger partial charge in [-0.15, -0.1) is 0 Å². The Morgan fingerprint density at radius 1 is 0.711 bits per heavy atom. The van der Waals surface area contributed by atoms with Gasteiger partial charge in [-0.05, 0) is 159 Å². The summed E-state index contributed by atoms with van der Waals surface area (Å²) in [5.41, 5.74) is -0.309. The SMILES string of the molecule is C.CC(=O)N(C/C=C/[C@@H]1[C@@H](O[Si](C)(C)C(C)(C)C)CCN1C(=O)OC(C)(C)C)c1cc(F)ccc1Br.CC(=O)Nc1cc(F)ccc1Br.CC(C)(C)OC(=O)N1CC[C@H](O[Si](C)(C)C(C)(C)C)[C@H]1/C=C/COS(C)(=O)=O. The molecule has 2 fully saturated rings. The van der Waals surface area contributed by atoms with Crippen molar-refractivity contribution in [3.8, 4) is 0 Å². The predicted molar refractivity (Wildman–Crippen MR) is 313 cm³/mol. The van der Waals surface area contributed by atoms with Crippen molar-refractivity contribution < 1.29 is 58.9 Å². The number of amides is 4. The lowest BCUT2D eigenvalue weighted by molar-refractivity contribution is -0.116. The summed E-state index contributed by atoms with van der Waals surface area (Å²) in [6.45, 7) is 36.8. The van der Waals surface area contributed by atoms with Gasteiger partial charge in [-0.25, -0.2) is 18.4 Å². The molecule has 2 aliphatic rings. The van der Waals surface area contributed by atoms with Crippen molar-refractivity contribution >= 4 is 94.0 Å². The summed E-state index contributed by atoms with van der Waals surface area (Å²) in [5, 5.41) is 2.55. The quantitative estimate of drug-likeness (QED) is 0.115. The average molecular weight is 1260 g/mol. The van der Waals surface area contributed by atoms with E-state index in [2.05, 4.69) is 105 Å². The second-order valence-corrected chi connectivity index (χ2v) is 36.5. The van der Waals surface area contributed by atoms with Crippen LogP contribution in [0.4, 0.5) is 29.7 Å². The number of ether oxygens (including phenoxy) is 2. The first-order valence-corrected chi connectivity index (χ1v) is 34.2. The van der Waals surface area contributed by atoms with E-state index in [1.54, 1.807) is 34.1 Å². The van der Waals surface area contributed by atoms with Crippen molar-refractivity contribution in [2.75, 3.05) is 42.7 Å². The fraction of sp³-hybridized carbons (Fsp3) is 0.630. The molecule has 2 saturated heterocycles. The van der Waals surface area contributed by atoms with Crippen LogP contribution in [0.15, 0.2) is 69.6 Å². The largest absolute Gasteiger partial charge is 0.444 e. The van der Waals surface area contributed by atoms with Gasteiger partial charge in [0.05, 0.1) is 48.5 Å². The highest BCUT2D eigenvalue weighted by atomic mass is 79.9. The lowest BCUT2D eigenvalue weighted by Crippen LogP contribution is -2.48. The smallest absolute Gasteiger partial charge is 0.410 e. The minimum absolute atomic E-state index is 0. The molecule has 4 rings (SSSR count). The van der Waals surface area contributed by atoms with Crippen molar-refractivity contribution in [1.82, 2.24) is 9.80 Å². The zero-order valence-corrected chi connectivity index (χ0v) is 53.6. The first kappa shape index (κ1) is 70.5. The number of hydrogen-bond donors (Lipinski definition) is 1. The average Bonchev–Trinajstić information content (AvgIpc) is 3.81. The topological polar surface area (TPSA) is 170 Å². The first-order chi connectivity index (χ1) is 33.9. The Hall–Kier alpha value is -3.52. The highest BCUT2D eigenvalue weighted by molar-refractivity contribution is 9.11. The van der Waals surface area contributed by atoms with E-state index in [1.807, 2.05) is 53.7 Å². The number of carbonyl (C=O) groups excluding carboxylic acids is 4. The molecule has 22 heteroatoms. The molecule has 432 valence electrons. The zero-order chi connectivity index (χ0) is 57.9. The molecule has 2 aromatic rings. The van der Waals surface area contributed by atoms with E-state index in [4.69, 9.17) is 22.5 Å². The van der Waals surface area contributed by atoms with E-state index in [-0.39, 0.29) is 78.7 Å². The summed E-state index contributed by atoms with van der Waals surface area (Å²) >= 11 is 6.58. The van der Waals surface area contributed by atoms with Crippen LogP contribution in [0.25, 0.3) is 0 Å². The van der Waals surface area contributed by atoms with Crippen molar-refractivity contribution in [3.05, 3.63) is 81.3 Å². The molecular weight excluding hydrogens is 1170 g/mol. The maximum atomic E-state index is 13.9. The van der Waals surface area contributed by atoms with Gasteiger partial charge in [-0.1, -0.05) is 73.3 Å². The van der Waals surface area contributed by atoms with Gasteiger partial charge in [-0.3, -0.25) is 23.6 Å². The Morgan fingerprint density at radius 2 is 1.12 bits per heavy atom. The molecular formula is C54H88Br2F2N4O11SSi2.